The molecule has 0 N–H and O–H groups in total. The molecule has 3 heterocycles. The number of nitrogens with zero attached hydrogens (tertiary/aromatic N) is 4. The standard InChI is InChI=1S/C21H24N4O2/c1-16-6-7-20-22-17(12-21(26)25(20)14-16)15-23-8-10-24(11-9-23)18-4-3-5-19(13-18)27-2/h3-7,12-14H,8-11,15H2,1-2H3. The molecule has 0 bridgehead atoms. The summed E-state index contributed by atoms with van der Waals surface area (Å²) in [6, 6.07) is 13.7. The lowest BCUT2D eigenvalue weighted by Gasteiger charge is -2.36. The molecule has 0 saturated carbocycles. The van der Waals surface area contributed by atoms with Gasteiger partial charge in [0, 0.05) is 56.7 Å². The second-order valence-electron chi connectivity index (χ2n) is 6.99. The van der Waals surface area contributed by atoms with Gasteiger partial charge in [0.25, 0.3) is 5.56 Å². The van der Waals surface area contributed by atoms with Crippen LogP contribution in [0.4, 0.5) is 5.69 Å². The van der Waals surface area contributed by atoms with Gasteiger partial charge in [0.05, 0.1) is 12.8 Å². The minimum absolute atomic E-state index is 0.0197. The van der Waals surface area contributed by atoms with Crippen LogP contribution in [0.2, 0.25) is 0 Å². The fraction of sp³-hybridized carbons (Fsp3) is 0.333. The lowest BCUT2D eigenvalue weighted by Crippen LogP contribution is -2.46. The third-order valence-corrected chi connectivity index (χ3v) is 5.04. The third-order valence-electron chi connectivity index (χ3n) is 5.04. The molecule has 1 aromatic carbocycles. The molecule has 0 atom stereocenters. The maximum Gasteiger partial charge on any atom is 0.258 e. The second-order valence-corrected chi connectivity index (χ2v) is 6.99. The average Bonchev–Trinajstić information content (AvgIpc) is 2.69. The first-order valence-corrected chi connectivity index (χ1v) is 9.23. The fourth-order valence-electron chi connectivity index (χ4n) is 3.54. The van der Waals surface area contributed by atoms with E-state index in [-0.39, 0.29) is 5.56 Å². The smallest absolute Gasteiger partial charge is 0.258 e. The summed E-state index contributed by atoms with van der Waals surface area (Å²) in [6.45, 7) is 6.43. The van der Waals surface area contributed by atoms with Crippen molar-refractivity contribution in [3.8, 4) is 5.75 Å². The molecule has 0 radical (unpaired) electrons. The van der Waals surface area contributed by atoms with Crippen molar-refractivity contribution in [3.63, 3.8) is 0 Å². The number of rotatable bonds is 4. The molecule has 1 fully saturated rings. The van der Waals surface area contributed by atoms with Crippen molar-refractivity contribution in [3.05, 3.63) is 70.3 Å². The van der Waals surface area contributed by atoms with Crippen LogP contribution < -0.4 is 15.2 Å². The molecule has 1 aliphatic heterocycles. The van der Waals surface area contributed by atoms with Gasteiger partial charge in [-0.05, 0) is 30.7 Å². The normalized spacial score (nSPS) is 15.3. The number of hydrogen-bond acceptors (Lipinski definition) is 5. The summed E-state index contributed by atoms with van der Waals surface area (Å²) in [7, 11) is 1.69. The van der Waals surface area contributed by atoms with Gasteiger partial charge in [-0.3, -0.25) is 14.1 Å². The van der Waals surface area contributed by atoms with Crippen LogP contribution in [0.25, 0.3) is 5.65 Å². The topological polar surface area (TPSA) is 50.1 Å². The molecular formula is C21H24N4O2. The van der Waals surface area contributed by atoms with Crippen LogP contribution in [-0.4, -0.2) is 47.6 Å². The lowest BCUT2D eigenvalue weighted by molar-refractivity contribution is 0.247. The van der Waals surface area contributed by atoms with Gasteiger partial charge in [0.15, 0.2) is 0 Å². The number of ether oxygens (including phenoxy) is 1. The number of aromatic nitrogens is 2. The van der Waals surface area contributed by atoms with E-state index < -0.39 is 0 Å². The quantitative estimate of drug-likeness (QED) is 0.711. The van der Waals surface area contributed by atoms with E-state index in [1.807, 2.05) is 37.4 Å². The highest BCUT2D eigenvalue weighted by atomic mass is 16.5. The molecule has 140 valence electrons. The average molecular weight is 364 g/mol. The molecular weight excluding hydrogens is 340 g/mol. The number of methoxy groups -OCH3 is 1. The Bertz CT molecular complexity index is 1010. The summed E-state index contributed by atoms with van der Waals surface area (Å²) in [5.74, 6) is 0.881. The van der Waals surface area contributed by atoms with Crippen LogP contribution in [0, 0.1) is 6.92 Å². The molecule has 1 aliphatic rings. The van der Waals surface area contributed by atoms with E-state index in [1.54, 1.807) is 17.6 Å². The van der Waals surface area contributed by atoms with E-state index in [1.165, 1.54) is 5.69 Å². The second kappa shape index (κ2) is 7.40. The number of anilines is 1. The van der Waals surface area contributed by atoms with Crippen molar-refractivity contribution in [2.75, 3.05) is 38.2 Å². The van der Waals surface area contributed by atoms with Crippen LogP contribution in [0.15, 0.2) is 53.5 Å². The third kappa shape index (κ3) is 3.80. The van der Waals surface area contributed by atoms with Crippen LogP contribution >= 0.6 is 0 Å². The molecule has 0 unspecified atom stereocenters. The van der Waals surface area contributed by atoms with Crippen molar-refractivity contribution in [1.82, 2.24) is 14.3 Å². The molecule has 6 heteroatoms. The van der Waals surface area contributed by atoms with Crippen molar-refractivity contribution >= 4 is 11.3 Å². The number of hydrogen-bond donors (Lipinski definition) is 0. The van der Waals surface area contributed by atoms with Gasteiger partial charge in [0.1, 0.15) is 11.4 Å². The van der Waals surface area contributed by atoms with Gasteiger partial charge < -0.3 is 9.64 Å². The van der Waals surface area contributed by atoms with Crippen molar-refractivity contribution in [2.45, 2.75) is 13.5 Å². The van der Waals surface area contributed by atoms with Crippen LogP contribution in [0.3, 0.4) is 0 Å². The van der Waals surface area contributed by atoms with E-state index in [0.717, 1.165) is 43.2 Å². The Morgan fingerprint density at radius 1 is 1.07 bits per heavy atom. The number of piperazine rings is 1. The summed E-state index contributed by atoms with van der Waals surface area (Å²) in [6.07, 6.45) is 1.83. The van der Waals surface area contributed by atoms with Gasteiger partial charge in [-0.2, -0.15) is 0 Å². The number of benzene rings is 1. The highest BCUT2D eigenvalue weighted by Crippen LogP contribution is 2.22. The first-order valence-electron chi connectivity index (χ1n) is 9.23. The zero-order chi connectivity index (χ0) is 18.8. The number of fused-ring (bicyclic) bond motifs is 1. The summed E-state index contributed by atoms with van der Waals surface area (Å²) in [4.78, 5) is 21.8. The number of aryl methyl sites for hydroxylation is 1. The molecule has 3 aromatic rings. The van der Waals surface area contributed by atoms with Gasteiger partial charge in [-0.1, -0.05) is 12.1 Å². The minimum Gasteiger partial charge on any atom is -0.497 e. The molecule has 2 aromatic heterocycles. The van der Waals surface area contributed by atoms with Crippen molar-refractivity contribution in [2.24, 2.45) is 0 Å². The van der Waals surface area contributed by atoms with Crippen LogP contribution in [0.5, 0.6) is 5.75 Å². The Morgan fingerprint density at radius 2 is 1.89 bits per heavy atom. The lowest BCUT2D eigenvalue weighted by atomic mass is 10.2. The van der Waals surface area contributed by atoms with E-state index in [4.69, 9.17) is 4.74 Å². The highest BCUT2D eigenvalue weighted by Gasteiger charge is 2.18. The number of pyridine rings is 1. The van der Waals surface area contributed by atoms with Gasteiger partial charge in [-0.25, -0.2) is 4.98 Å². The molecule has 0 spiro atoms. The van der Waals surface area contributed by atoms with Gasteiger partial charge >= 0.3 is 0 Å². The minimum atomic E-state index is -0.0197. The molecule has 0 aliphatic carbocycles. The molecule has 6 nitrogen and oxygen atoms in total. The van der Waals surface area contributed by atoms with Crippen LogP contribution in [-0.2, 0) is 6.54 Å². The zero-order valence-corrected chi connectivity index (χ0v) is 15.8. The van der Waals surface area contributed by atoms with E-state index in [9.17, 15) is 4.79 Å². The predicted molar refractivity (Wildman–Crippen MR) is 107 cm³/mol. The Kier molecular flexibility index (Phi) is 4.81. The SMILES string of the molecule is COc1cccc(N2CCN(Cc3cc(=O)n4cc(C)ccc4n3)CC2)c1. The Hall–Kier alpha value is -2.86. The Labute approximate surface area is 158 Å². The van der Waals surface area contributed by atoms with Gasteiger partial charge in [0.2, 0.25) is 0 Å². The van der Waals surface area contributed by atoms with E-state index in [0.29, 0.717) is 12.2 Å². The molecule has 4 rings (SSSR count). The molecule has 0 amide bonds. The Morgan fingerprint density at radius 3 is 2.67 bits per heavy atom. The summed E-state index contributed by atoms with van der Waals surface area (Å²) in [5.41, 5.74) is 3.75. The molecule has 1 saturated heterocycles. The monoisotopic (exact) mass is 364 g/mol. The predicted octanol–water partition coefficient (Wildman–Crippen LogP) is 2.33. The summed E-state index contributed by atoms with van der Waals surface area (Å²) in [5, 5.41) is 0. The van der Waals surface area contributed by atoms with Gasteiger partial charge in [-0.15, -0.1) is 0 Å². The highest BCUT2D eigenvalue weighted by molar-refractivity contribution is 5.51. The maximum atomic E-state index is 12.4. The fourth-order valence-corrected chi connectivity index (χ4v) is 3.54. The molecule has 27 heavy (non-hydrogen) atoms. The summed E-state index contributed by atoms with van der Waals surface area (Å²) >= 11 is 0. The van der Waals surface area contributed by atoms with E-state index >= 15 is 0 Å². The van der Waals surface area contributed by atoms with Crippen molar-refractivity contribution < 1.29 is 4.74 Å². The maximum absolute atomic E-state index is 12.4. The van der Waals surface area contributed by atoms with Crippen molar-refractivity contribution in [1.29, 1.82) is 0 Å². The van der Waals surface area contributed by atoms with E-state index in [2.05, 4.69) is 26.9 Å². The zero-order valence-electron chi connectivity index (χ0n) is 15.8. The Balaban J connectivity index is 1.44. The van der Waals surface area contributed by atoms with Crippen LogP contribution in [0.1, 0.15) is 11.3 Å². The summed E-state index contributed by atoms with van der Waals surface area (Å²) < 4.78 is 6.93. The first-order chi connectivity index (χ1) is 13.1. The largest absolute Gasteiger partial charge is 0.497 e. The first kappa shape index (κ1) is 17.5.